The summed E-state index contributed by atoms with van der Waals surface area (Å²) in [7, 11) is 0. The molecule has 0 saturated carbocycles. The first kappa shape index (κ1) is 69.5. The largest absolute Gasteiger partial charge is 0.494 e. The van der Waals surface area contributed by atoms with Gasteiger partial charge < -0.3 is 28.4 Å². The van der Waals surface area contributed by atoms with Crippen LogP contribution in [0.1, 0.15) is 283 Å². The van der Waals surface area contributed by atoms with Gasteiger partial charge in [0.2, 0.25) is 0 Å². The Morgan fingerprint density at radius 2 is 0.476 bits per heavy atom. The lowest BCUT2D eigenvalue weighted by Gasteiger charge is -2.14. The molecule has 0 aliphatic carbocycles. The van der Waals surface area contributed by atoms with E-state index in [9.17, 15) is 0 Å². The van der Waals surface area contributed by atoms with E-state index in [0.717, 1.165) is 122 Å². The fraction of sp³-hybridized carbons (Fsp3) is 0.649. The Labute approximate surface area is 501 Å². The molecule has 0 saturated heterocycles. The van der Waals surface area contributed by atoms with Crippen molar-refractivity contribution < 1.29 is 28.4 Å². The molecule has 0 N–H and O–H groups in total. The van der Waals surface area contributed by atoms with Crippen LogP contribution in [0.25, 0.3) is 0 Å². The number of unbranched alkanes of at least 4 members (excludes halogenated alkanes) is 33. The van der Waals surface area contributed by atoms with E-state index in [1.165, 1.54) is 205 Å². The maximum absolute atomic E-state index is 6.33. The van der Waals surface area contributed by atoms with Crippen molar-refractivity contribution in [2.75, 3.05) is 39.6 Å². The summed E-state index contributed by atoms with van der Waals surface area (Å²) in [5, 5.41) is 0. The Bertz CT molecular complexity index is 2000. The van der Waals surface area contributed by atoms with Crippen LogP contribution < -0.4 is 28.4 Å². The molecule has 0 spiro atoms. The molecule has 0 heterocycles. The van der Waals surface area contributed by atoms with E-state index in [0.29, 0.717) is 13.2 Å². The summed E-state index contributed by atoms with van der Waals surface area (Å²) in [4.78, 5) is 9.56. The molecule has 0 aliphatic heterocycles. The molecule has 458 valence electrons. The lowest BCUT2D eigenvalue weighted by molar-refractivity contribution is 0.258. The first-order valence-electron chi connectivity index (χ1n) is 33.9. The molecule has 0 unspecified atom stereocenters. The highest BCUT2D eigenvalue weighted by Gasteiger charge is 2.10. The second-order valence-corrected chi connectivity index (χ2v) is 23.0. The number of benzene rings is 4. The van der Waals surface area contributed by atoms with E-state index in [2.05, 4.69) is 64.1 Å². The Morgan fingerprint density at radius 1 is 0.244 bits per heavy atom. The number of ether oxygens (including phenoxy) is 6. The molecule has 4 aromatic rings. The van der Waals surface area contributed by atoms with E-state index in [-0.39, 0.29) is 0 Å². The lowest BCUT2D eigenvalue weighted by Crippen LogP contribution is -2.03. The molecule has 0 aromatic heterocycles. The third kappa shape index (κ3) is 35.2. The summed E-state index contributed by atoms with van der Waals surface area (Å²) in [5.41, 5.74) is 3.82. The Kier molecular flexibility index (Phi) is 41.9. The molecule has 0 amide bonds. The summed E-state index contributed by atoms with van der Waals surface area (Å²) in [6.07, 6.45) is 51.6. The predicted octanol–water partition coefficient (Wildman–Crippen LogP) is 23.1. The molecular weight excluding hydrogens is 1010 g/mol. The highest BCUT2D eigenvalue weighted by molar-refractivity contribution is 5.84. The standard InChI is InChI=1S/C74H116N2O6/c1-5-9-13-17-25-33-39-57-79-71-53-43-65(61-73(71)81-59-41-35-27-19-15-11-7-3)63-75-67-45-49-69(50-46-67)77-55-37-31-29-23-21-22-24-30-32-38-56-78-70-51-47-68(48-52-70)76-64-66-44-54-72(80-58-40-34-26-18-14-10-6-2)74(62-66)82-60-42-36-28-20-16-12-8-4/h43-54,61-64H,5-42,55-60H2,1-4H3. The van der Waals surface area contributed by atoms with E-state index in [4.69, 9.17) is 38.4 Å². The van der Waals surface area contributed by atoms with Gasteiger partial charge in [-0.05, 0) is 135 Å². The molecule has 4 rings (SSSR count). The van der Waals surface area contributed by atoms with Crippen molar-refractivity contribution >= 4 is 23.8 Å². The van der Waals surface area contributed by atoms with E-state index in [1.807, 2.05) is 61.0 Å². The lowest BCUT2D eigenvalue weighted by atomic mass is 10.1. The quantitative estimate of drug-likeness (QED) is 0.0324. The summed E-state index contributed by atoms with van der Waals surface area (Å²) in [6.45, 7) is 13.5. The van der Waals surface area contributed by atoms with Crippen LogP contribution in [0.15, 0.2) is 94.9 Å². The van der Waals surface area contributed by atoms with Crippen molar-refractivity contribution in [3.8, 4) is 34.5 Å². The average Bonchev–Trinajstić information content (AvgIpc) is 3.51. The van der Waals surface area contributed by atoms with Gasteiger partial charge in [-0.3, -0.25) is 9.98 Å². The monoisotopic (exact) mass is 1130 g/mol. The van der Waals surface area contributed by atoms with Crippen LogP contribution in [-0.2, 0) is 0 Å². The minimum absolute atomic E-state index is 0.712. The number of aliphatic imine (C=N–C) groups is 2. The molecule has 4 aromatic carbocycles. The SMILES string of the molecule is CCCCCCCCCOc1ccc(C=Nc2ccc(OCCCCCCCCCCCCOc3ccc(N=Cc4ccc(OCCCCCCCCC)c(OCCCCCCCCC)c4)cc3)cc2)cc1OCCCCCCCCC. The normalized spacial score (nSPS) is 11.5. The molecule has 0 bridgehead atoms. The molecule has 0 aliphatic rings. The third-order valence-electron chi connectivity index (χ3n) is 15.4. The van der Waals surface area contributed by atoms with Crippen LogP contribution in [0.3, 0.4) is 0 Å². The van der Waals surface area contributed by atoms with Crippen molar-refractivity contribution in [3.05, 3.63) is 96.1 Å². The minimum Gasteiger partial charge on any atom is -0.494 e. The van der Waals surface area contributed by atoms with Crippen molar-refractivity contribution in [1.82, 2.24) is 0 Å². The maximum Gasteiger partial charge on any atom is 0.161 e. The van der Waals surface area contributed by atoms with Crippen LogP contribution in [0, 0.1) is 0 Å². The summed E-state index contributed by atoms with van der Waals surface area (Å²) < 4.78 is 37.4. The fourth-order valence-electron chi connectivity index (χ4n) is 10.2. The first-order valence-corrected chi connectivity index (χ1v) is 33.9. The topological polar surface area (TPSA) is 80.1 Å². The van der Waals surface area contributed by atoms with Crippen molar-refractivity contribution in [3.63, 3.8) is 0 Å². The number of hydrogen-bond donors (Lipinski definition) is 0. The molecule has 0 radical (unpaired) electrons. The zero-order chi connectivity index (χ0) is 57.9. The van der Waals surface area contributed by atoms with Gasteiger partial charge in [0, 0.05) is 12.4 Å². The number of hydrogen-bond acceptors (Lipinski definition) is 8. The predicted molar refractivity (Wildman–Crippen MR) is 351 cm³/mol. The van der Waals surface area contributed by atoms with Crippen LogP contribution in [0.4, 0.5) is 11.4 Å². The highest BCUT2D eigenvalue weighted by atomic mass is 16.5. The van der Waals surface area contributed by atoms with Crippen molar-refractivity contribution in [2.45, 2.75) is 272 Å². The number of rotatable bonds is 55. The zero-order valence-electron chi connectivity index (χ0n) is 52.7. The van der Waals surface area contributed by atoms with Crippen molar-refractivity contribution in [2.24, 2.45) is 9.98 Å². The second-order valence-electron chi connectivity index (χ2n) is 23.0. The van der Waals surface area contributed by atoms with Crippen LogP contribution >= 0.6 is 0 Å². The van der Waals surface area contributed by atoms with Gasteiger partial charge in [-0.2, -0.15) is 0 Å². The molecule has 8 nitrogen and oxygen atoms in total. The molecule has 8 heteroatoms. The average molecular weight is 1130 g/mol. The molecule has 0 fully saturated rings. The van der Waals surface area contributed by atoms with Gasteiger partial charge in [-0.25, -0.2) is 0 Å². The van der Waals surface area contributed by atoms with Crippen molar-refractivity contribution in [1.29, 1.82) is 0 Å². The minimum atomic E-state index is 0.712. The van der Waals surface area contributed by atoms with Gasteiger partial charge in [0.05, 0.1) is 51.0 Å². The van der Waals surface area contributed by atoms with Gasteiger partial charge in [-0.1, -0.05) is 233 Å². The molecular formula is C74H116N2O6. The Balaban J connectivity index is 1.04. The molecule has 0 atom stereocenters. The maximum atomic E-state index is 6.33. The summed E-state index contributed by atoms with van der Waals surface area (Å²) >= 11 is 0. The Hall–Kier alpha value is -4.98. The summed E-state index contributed by atoms with van der Waals surface area (Å²) in [6, 6.07) is 28.7. The first-order chi connectivity index (χ1) is 40.6. The Morgan fingerprint density at radius 3 is 0.744 bits per heavy atom. The molecule has 82 heavy (non-hydrogen) atoms. The van der Waals surface area contributed by atoms with E-state index >= 15 is 0 Å². The zero-order valence-corrected chi connectivity index (χ0v) is 52.7. The van der Waals surface area contributed by atoms with Crippen LogP contribution in [0.2, 0.25) is 0 Å². The van der Waals surface area contributed by atoms with Crippen LogP contribution in [-0.4, -0.2) is 52.1 Å². The third-order valence-corrected chi connectivity index (χ3v) is 15.4. The van der Waals surface area contributed by atoms with E-state index in [1.54, 1.807) is 0 Å². The van der Waals surface area contributed by atoms with Gasteiger partial charge >= 0.3 is 0 Å². The van der Waals surface area contributed by atoms with Gasteiger partial charge in [0.15, 0.2) is 23.0 Å². The highest BCUT2D eigenvalue weighted by Crippen LogP contribution is 2.31. The van der Waals surface area contributed by atoms with Gasteiger partial charge in [-0.15, -0.1) is 0 Å². The van der Waals surface area contributed by atoms with Gasteiger partial charge in [0.1, 0.15) is 11.5 Å². The second kappa shape index (κ2) is 49.4. The van der Waals surface area contributed by atoms with Gasteiger partial charge in [0.25, 0.3) is 0 Å². The number of nitrogens with zero attached hydrogens (tertiary/aromatic N) is 2. The van der Waals surface area contributed by atoms with Crippen LogP contribution in [0.5, 0.6) is 34.5 Å². The van der Waals surface area contributed by atoms with E-state index < -0.39 is 0 Å². The smallest absolute Gasteiger partial charge is 0.161 e. The summed E-state index contributed by atoms with van der Waals surface area (Å²) in [5.74, 6) is 5.12. The fourth-order valence-corrected chi connectivity index (χ4v) is 10.2.